The van der Waals surface area contributed by atoms with E-state index in [4.69, 9.17) is 9.47 Å². The zero-order valence-corrected chi connectivity index (χ0v) is 16.5. The molecular weight excluding hydrogens is 351 g/mol. The Bertz CT molecular complexity index is 662. The van der Waals surface area contributed by atoms with Gasteiger partial charge in [0.2, 0.25) is 0 Å². The number of hydrogen-bond donors (Lipinski definition) is 0. The first-order valence-corrected chi connectivity index (χ1v) is 9.63. The van der Waals surface area contributed by atoms with Gasteiger partial charge in [0.25, 0.3) is 5.56 Å². The molecule has 1 saturated heterocycles. The van der Waals surface area contributed by atoms with Crippen LogP contribution in [0.3, 0.4) is 0 Å². The predicted octanol–water partition coefficient (Wildman–Crippen LogP) is 2.56. The van der Waals surface area contributed by atoms with Gasteiger partial charge in [0.1, 0.15) is 12.2 Å². The molecule has 0 bridgehead atoms. The van der Waals surface area contributed by atoms with Crippen LogP contribution in [0, 0.1) is 5.92 Å². The molecule has 0 N–H and O–H groups in total. The molecule has 0 saturated carbocycles. The first kappa shape index (κ1) is 21.6. The number of carbonyl (C=O) groups excluding carboxylic acids is 1. The lowest BCUT2D eigenvalue weighted by Gasteiger charge is -2.22. The molecule has 0 radical (unpaired) electrons. The second-order valence-electron chi connectivity index (χ2n) is 7.56. The van der Waals surface area contributed by atoms with Crippen molar-refractivity contribution in [1.29, 1.82) is 0 Å². The lowest BCUT2D eigenvalue weighted by atomic mass is 10.0. The molecule has 7 heteroatoms. The fourth-order valence-corrected chi connectivity index (χ4v) is 3.32. The SMILES string of the molecule is COCCCOC(=O)C(CC(C)C)n1cc(CN2CC[C@@H](F)C2)ccc1=O. The normalized spacial score (nSPS) is 18.8. The Labute approximate surface area is 160 Å². The Morgan fingerprint density at radius 2 is 2.11 bits per heavy atom. The van der Waals surface area contributed by atoms with E-state index in [0.717, 1.165) is 5.56 Å². The van der Waals surface area contributed by atoms with E-state index in [0.29, 0.717) is 45.5 Å². The topological polar surface area (TPSA) is 60.8 Å². The molecule has 0 aliphatic carbocycles. The van der Waals surface area contributed by atoms with E-state index in [2.05, 4.69) is 0 Å². The minimum atomic E-state index is -0.785. The average Bonchev–Trinajstić information content (AvgIpc) is 3.03. The summed E-state index contributed by atoms with van der Waals surface area (Å²) in [5.41, 5.74) is 0.660. The molecule has 152 valence electrons. The van der Waals surface area contributed by atoms with Crippen LogP contribution in [-0.2, 0) is 20.8 Å². The average molecular weight is 382 g/mol. The number of carbonyl (C=O) groups is 1. The van der Waals surface area contributed by atoms with Gasteiger partial charge in [0.05, 0.1) is 6.61 Å². The van der Waals surface area contributed by atoms with Crippen LogP contribution in [0.25, 0.3) is 0 Å². The number of halogens is 1. The number of pyridine rings is 1. The van der Waals surface area contributed by atoms with E-state index in [9.17, 15) is 14.0 Å². The molecule has 27 heavy (non-hydrogen) atoms. The Balaban J connectivity index is 2.14. The monoisotopic (exact) mass is 382 g/mol. The number of ether oxygens (including phenoxy) is 2. The van der Waals surface area contributed by atoms with Crippen molar-refractivity contribution in [2.45, 2.75) is 51.9 Å². The maximum atomic E-state index is 13.4. The third kappa shape index (κ3) is 6.74. The van der Waals surface area contributed by atoms with E-state index in [1.165, 1.54) is 10.6 Å². The van der Waals surface area contributed by atoms with Crippen LogP contribution in [-0.4, -0.2) is 55.0 Å². The minimum Gasteiger partial charge on any atom is -0.464 e. The third-order valence-electron chi connectivity index (χ3n) is 4.66. The minimum absolute atomic E-state index is 0.225. The van der Waals surface area contributed by atoms with Crippen molar-refractivity contribution in [3.8, 4) is 0 Å². The second-order valence-corrected chi connectivity index (χ2v) is 7.56. The zero-order chi connectivity index (χ0) is 19.8. The molecule has 2 heterocycles. The molecule has 0 spiro atoms. The summed E-state index contributed by atoms with van der Waals surface area (Å²) in [7, 11) is 1.60. The van der Waals surface area contributed by atoms with Crippen molar-refractivity contribution in [2.75, 3.05) is 33.4 Å². The maximum Gasteiger partial charge on any atom is 0.329 e. The Morgan fingerprint density at radius 3 is 2.74 bits per heavy atom. The summed E-state index contributed by atoms with van der Waals surface area (Å²) >= 11 is 0. The highest BCUT2D eigenvalue weighted by atomic mass is 19.1. The summed E-state index contributed by atoms with van der Waals surface area (Å²) in [6.07, 6.45) is 2.61. The molecule has 6 nitrogen and oxygen atoms in total. The molecule has 2 rings (SSSR count). The Morgan fingerprint density at radius 1 is 1.33 bits per heavy atom. The third-order valence-corrected chi connectivity index (χ3v) is 4.66. The number of hydrogen-bond acceptors (Lipinski definition) is 5. The molecule has 2 atom stereocenters. The van der Waals surface area contributed by atoms with E-state index in [-0.39, 0.29) is 18.1 Å². The molecule has 0 aromatic carbocycles. The van der Waals surface area contributed by atoms with Gasteiger partial charge in [-0.25, -0.2) is 9.18 Å². The smallest absolute Gasteiger partial charge is 0.329 e. The fraction of sp³-hybridized carbons (Fsp3) is 0.700. The number of likely N-dealkylation sites (tertiary alicyclic amines) is 1. The van der Waals surface area contributed by atoms with Gasteiger partial charge in [-0.2, -0.15) is 0 Å². The summed E-state index contributed by atoms with van der Waals surface area (Å²) in [5, 5.41) is 0. The van der Waals surface area contributed by atoms with Gasteiger partial charge in [-0.15, -0.1) is 0 Å². The summed E-state index contributed by atoms with van der Waals surface area (Å²) in [6.45, 7) is 6.48. The standard InChI is InChI=1S/C20H31FN2O4/c1-15(2)11-18(20(25)27-10-4-9-26-3)23-13-16(5-6-19(23)24)12-22-8-7-17(21)14-22/h5-6,13,15,17-18H,4,7-12,14H2,1-3H3/t17-,18?/m1/s1. The largest absolute Gasteiger partial charge is 0.464 e. The fourth-order valence-electron chi connectivity index (χ4n) is 3.32. The van der Waals surface area contributed by atoms with Crippen LogP contribution >= 0.6 is 0 Å². The number of esters is 1. The number of aromatic nitrogens is 1. The van der Waals surface area contributed by atoms with Gasteiger partial charge >= 0.3 is 5.97 Å². The highest BCUT2D eigenvalue weighted by Gasteiger charge is 2.25. The predicted molar refractivity (Wildman–Crippen MR) is 101 cm³/mol. The highest BCUT2D eigenvalue weighted by molar-refractivity contribution is 5.74. The molecular formula is C20H31FN2O4. The van der Waals surface area contributed by atoms with Crippen molar-refractivity contribution in [2.24, 2.45) is 5.92 Å². The number of rotatable bonds is 10. The Hall–Kier alpha value is -1.73. The number of alkyl halides is 1. The van der Waals surface area contributed by atoms with Gasteiger partial charge in [-0.3, -0.25) is 9.69 Å². The van der Waals surface area contributed by atoms with E-state index in [1.54, 1.807) is 19.4 Å². The van der Waals surface area contributed by atoms with Crippen LogP contribution in [0.15, 0.2) is 23.1 Å². The van der Waals surface area contributed by atoms with Crippen molar-refractivity contribution < 1.29 is 18.7 Å². The molecule has 1 aliphatic heterocycles. The molecule has 1 aromatic heterocycles. The lowest BCUT2D eigenvalue weighted by Crippen LogP contribution is -2.32. The van der Waals surface area contributed by atoms with E-state index in [1.807, 2.05) is 18.7 Å². The summed E-state index contributed by atoms with van der Waals surface area (Å²) in [5.74, 6) is -0.174. The van der Waals surface area contributed by atoms with Gasteiger partial charge in [-0.05, 0) is 24.3 Å². The van der Waals surface area contributed by atoms with Gasteiger partial charge in [0.15, 0.2) is 0 Å². The first-order chi connectivity index (χ1) is 12.9. The van der Waals surface area contributed by atoms with Crippen LogP contribution in [0.5, 0.6) is 0 Å². The van der Waals surface area contributed by atoms with Crippen LogP contribution in [0.1, 0.15) is 44.7 Å². The van der Waals surface area contributed by atoms with Crippen molar-refractivity contribution in [3.63, 3.8) is 0 Å². The van der Waals surface area contributed by atoms with Gasteiger partial charge in [0, 0.05) is 52.0 Å². The highest BCUT2D eigenvalue weighted by Crippen LogP contribution is 2.20. The molecule has 0 amide bonds. The van der Waals surface area contributed by atoms with Crippen LogP contribution in [0.2, 0.25) is 0 Å². The summed E-state index contributed by atoms with van der Waals surface area (Å²) in [6, 6.07) is 2.57. The second kappa shape index (κ2) is 10.6. The van der Waals surface area contributed by atoms with Gasteiger partial charge < -0.3 is 14.0 Å². The van der Waals surface area contributed by atoms with Crippen molar-refractivity contribution in [1.82, 2.24) is 9.47 Å². The zero-order valence-electron chi connectivity index (χ0n) is 16.5. The van der Waals surface area contributed by atoms with Crippen LogP contribution < -0.4 is 5.56 Å². The lowest BCUT2D eigenvalue weighted by molar-refractivity contribution is -0.148. The number of nitrogens with zero attached hydrogens (tertiary/aromatic N) is 2. The van der Waals surface area contributed by atoms with E-state index >= 15 is 0 Å². The van der Waals surface area contributed by atoms with Crippen molar-refractivity contribution >= 4 is 5.97 Å². The maximum absolute atomic E-state index is 13.4. The quantitative estimate of drug-likeness (QED) is 0.460. The van der Waals surface area contributed by atoms with E-state index < -0.39 is 18.2 Å². The van der Waals surface area contributed by atoms with Crippen molar-refractivity contribution in [3.05, 3.63) is 34.2 Å². The summed E-state index contributed by atoms with van der Waals surface area (Å²) in [4.78, 5) is 27.1. The molecule has 1 unspecified atom stereocenters. The van der Waals surface area contributed by atoms with Crippen LogP contribution in [0.4, 0.5) is 4.39 Å². The molecule has 1 fully saturated rings. The molecule has 1 aromatic rings. The first-order valence-electron chi connectivity index (χ1n) is 9.63. The summed E-state index contributed by atoms with van der Waals surface area (Å²) < 4.78 is 25.2. The Kier molecular flexibility index (Phi) is 8.44. The number of methoxy groups -OCH3 is 1. The van der Waals surface area contributed by atoms with Gasteiger partial charge in [-0.1, -0.05) is 19.9 Å². The molecule has 1 aliphatic rings.